The molecule has 188 valence electrons. The summed E-state index contributed by atoms with van der Waals surface area (Å²) in [6.45, 7) is 6.92. The first-order valence-electron chi connectivity index (χ1n) is 13.4. The van der Waals surface area contributed by atoms with E-state index in [1.807, 2.05) is 100 Å². The number of imide groups is 1. The number of amides is 3. The number of hydrogen-bond acceptors (Lipinski definition) is 2. The highest BCUT2D eigenvalue weighted by atomic mass is 28.3. The van der Waals surface area contributed by atoms with Gasteiger partial charge in [0.2, 0.25) is 0 Å². The average Bonchev–Trinajstić information content (AvgIpc) is 3.13. The molecule has 1 aliphatic heterocycles. The molecular formula is C31H38N2O2Si. The number of carbonyl (C=O) groups excluding carboxylic acids is 2. The van der Waals surface area contributed by atoms with Crippen LogP contribution in [0.25, 0.3) is 0 Å². The third-order valence-electron chi connectivity index (χ3n) is 7.53. The molecular weight excluding hydrogens is 460 g/mol. The van der Waals surface area contributed by atoms with E-state index in [-0.39, 0.29) is 11.9 Å². The molecule has 1 heterocycles. The summed E-state index contributed by atoms with van der Waals surface area (Å²) in [5.41, 5.74) is 1.52. The minimum absolute atomic E-state index is 0.0668. The molecule has 0 atom stereocenters. The Hall–Kier alpha value is -3.18. The molecule has 1 fully saturated rings. The van der Waals surface area contributed by atoms with E-state index >= 15 is 4.79 Å². The van der Waals surface area contributed by atoms with Crippen LogP contribution < -0.4 is 0 Å². The highest BCUT2D eigenvalue weighted by molar-refractivity contribution is 6.81. The lowest BCUT2D eigenvalue weighted by atomic mass is 9.81. The molecule has 0 N–H and O–H groups in total. The lowest BCUT2D eigenvalue weighted by Crippen LogP contribution is -2.57. The van der Waals surface area contributed by atoms with E-state index in [4.69, 9.17) is 0 Å². The number of nitrogens with zero attached hydrogens (tertiary/aromatic N) is 2. The van der Waals surface area contributed by atoms with Gasteiger partial charge < -0.3 is 0 Å². The van der Waals surface area contributed by atoms with Crippen LogP contribution in [0, 0.1) is 0 Å². The summed E-state index contributed by atoms with van der Waals surface area (Å²) in [6, 6.07) is 32.6. The number of urea groups is 1. The first kappa shape index (κ1) is 25.9. The Kier molecular flexibility index (Phi) is 8.10. The Morgan fingerprint density at radius 2 is 1.06 bits per heavy atom. The van der Waals surface area contributed by atoms with Crippen molar-refractivity contribution in [1.29, 1.82) is 0 Å². The Morgan fingerprint density at radius 1 is 0.639 bits per heavy atom. The maximum Gasteiger partial charge on any atom is 0.320 e. The highest BCUT2D eigenvalue weighted by Crippen LogP contribution is 2.48. The zero-order valence-corrected chi connectivity index (χ0v) is 22.8. The molecule has 0 unspecified atom stereocenters. The molecule has 4 rings (SSSR count). The predicted octanol–water partition coefficient (Wildman–Crippen LogP) is 7.57. The zero-order valence-electron chi connectivity index (χ0n) is 21.8. The fourth-order valence-electron chi connectivity index (χ4n) is 6.19. The summed E-state index contributed by atoms with van der Waals surface area (Å²) in [4.78, 5) is 31.5. The summed E-state index contributed by atoms with van der Waals surface area (Å²) < 4.78 is 1.81. The second kappa shape index (κ2) is 11.3. The second-order valence-electron chi connectivity index (χ2n) is 9.91. The SMILES string of the molecule is CCC[Si](CCC)(CCC)N1C(=O)N(Cc2ccccc2)C(c2ccccc2)(c2ccccc2)C1=O. The van der Waals surface area contributed by atoms with E-state index in [9.17, 15) is 4.79 Å². The Balaban J connectivity index is 2.00. The second-order valence-corrected chi connectivity index (χ2v) is 14.3. The predicted molar refractivity (Wildman–Crippen MR) is 149 cm³/mol. The quantitative estimate of drug-likeness (QED) is 0.202. The van der Waals surface area contributed by atoms with Crippen molar-refractivity contribution in [2.75, 3.05) is 0 Å². The zero-order chi connectivity index (χ0) is 25.6. The molecule has 0 aliphatic carbocycles. The van der Waals surface area contributed by atoms with Crippen molar-refractivity contribution < 1.29 is 9.59 Å². The molecule has 0 saturated carbocycles. The van der Waals surface area contributed by atoms with E-state index in [0.717, 1.165) is 54.1 Å². The van der Waals surface area contributed by atoms with Gasteiger partial charge in [0, 0.05) is 6.54 Å². The van der Waals surface area contributed by atoms with Crippen LogP contribution in [0.3, 0.4) is 0 Å². The van der Waals surface area contributed by atoms with E-state index < -0.39 is 13.8 Å². The van der Waals surface area contributed by atoms with Gasteiger partial charge in [0.1, 0.15) is 0 Å². The first-order valence-corrected chi connectivity index (χ1v) is 15.9. The van der Waals surface area contributed by atoms with Gasteiger partial charge in [0.25, 0.3) is 5.91 Å². The van der Waals surface area contributed by atoms with E-state index in [0.29, 0.717) is 6.54 Å². The van der Waals surface area contributed by atoms with Crippen LogP contribution in [0.5, 0.6) is 0 Å². The fraction of sp³-hybridized carbons (Fsp3) is 0.355. The van der Waals surface area contributed by atoms with Gasteiger partial charge in [0.15, 0.2) is 13.8 Å². The van der Waals surface area contributed by atoms with Crippen molar-refractivity contribution in [3.8, 4) is 0 Å². The van der Waals surface area contributed by atoms with Crippen molar-refractivity contribution in [2.24, 2.45) is 0 Å². The van der Waals surface area contributed by atoms with Gasteiger partial charge in [-0.25, -0.2) is 4.79 Å². The lowest BCUT2D eigenvalue weighted by Gasteiger charge is -2.39. The van der Waals surface area contributed by atoms with Gasteiger partial charge in [-0.3, -0.25) is 14.3 Å². The van der Waals surface area contributed by atoms with Crippen LogP contribution in [0.15, 0.2) is 91.0 Å². The van der Waals surface area contributed by atoms with Crippen LogP contribution in [-0.4, -0.2) is 29.6 Å². The lowest BCUT2D eigenvalue weighted by molar-refractivity contribution is -0.129. The van der Waals surface area contributed by atoms with Gasteiger partial charge in [-0.15, -0.1) is 0 Å². The van der Waals surface area contributed by atoms with Gasteiger partial charge in [-0.2, -0.15) is 0 Å². The first-order chi connectivity index (χ1) is 17.5. The molecule has 0 spiro atoms. The van der Waals surface area contributed by atoms with Gasteiger partial charge >= 0.3 is 6.03 Å². The van der Waals surface area contributed by atoms with Crippen molar-refractivity contribution >= 4 is 20.2 Å². The van der Waals surface area contributed by atoms with Crippen LogP contribution >= 0.6 is 0 Å². The van der Waals surface area contributed by atoms with Crippen molar-refractivity contribution in [2.45, 2.75) is 70.2 Å². The van der Waals surface area contributed by atoms with E-state index in [2.05, 4.69) is 20.8 Å². The molecule has 1 saturated heterocycles. The molecule has 3 aromatic carbocycles. The van der Waals surface area contributed by atoms with Crippen molar-refractivity contribution in [3.05, 3.63) is 108 Å². The minimum atomic E-state index is -2.41. The molecule has 5 heteroatoms. The van der Waals surface area contributed by atoms with E-state index in [1.54, 1.807) is 0 Å². The summed E-state index contributed by atoms with van der Waals surface area (Å²) >= 11 is 0. The topological polar surface area (TPSA) is 40.6 Å². The van der Waals surface area contributed by atoms with Crippen molar-refractivity contribution in [1.82, 2.24) is 9.47 Å². The smallest absolute Gasteiger partial charge is 0.298 e. The Morgan fingerprint density at radius 3 is 1.47 bits per heavy atom. The van der Waals surface area contributed by atoms with Crippen LogP contribution in [0.1, 0.15) is 56.7 Å². The number of rotatable bonds is 11. The Labute approximate surface area is 217 Å². The summed E-state index contributed by atoms with van der Waals surface area (Å²) in [5, 5.41) is 0. The number of benzene rings is 3. The Bertz CT molecular complexity index is 1090. The molecule has 3 amide bonds. The maximum absolute atomic E-state index is 15.0. The highest BCUT2D eigenvalue weighted by Gasteiger charge is 2.63. The maximum atomic E-state index is 15.0. The summed E-state index contributed by atoms with van der Waals surface area (Å²) in [7, 11) is -2.41. The third kappa shape index (κ3) is 4.41. The summed E-state index contributed by atoms with van der Waals surface area (Å²) in [6.07, 6.45) is 2.93. The number of carbonyl (C=O) groups is 2. The minimum Gasteiger partial charge on any atom is -0.298 e. The van der Waals surface area contributed by atoms with Gasteiger partial charge in [-0.05, 0) is 34.8 Å². The average molecular weight is 499 g/mol. The standard InChI is InChI=1S/C31H38N2O2Si/c1-4-22-36(23-5-2,24-6-3)33-29(34)31(27-18-12-8-13-19-27,28-20-14-9-15-21-28)32(30(33)35)25-26-16-10-7-11-17-26/h7-21H,4-6,22-25H2,1-3H3. The van der Waals surface area contributed by atoms with Crippen molar-refractivity contribution in [3.63, 3.8) is 0 Å². The van der Waals surface area contributed by atoms with E-state index in [1.165, 1.54) is 0 Å². The molecule has 1 aliphatic rings. The van der Waals surface area contributed by atoms with Crippen LogP contribution in [0.2, 0.25) is 18.1 Å². The normalized spacial score (nSPS) is 15.5. The number of hydrogen-bond donors (Lipinski definition) is 0. The molecule has 36 heavy (non-hydrogen) atoms. The monoisotopic (exact) mass is 498 g/mol. The summed E-state index contributed by atoms with van der Waals surface area (Å²) in [5.74, 6) is -0.0668. The largest absolute Gasteiger partial charge is 0.320 e. The van der Waals surface area contributed by atoms with Gasteiger partial charge in [-0.1, -0.05) is 131 Å². The fourth-order valence-corrected chi connectivity index (χ4v) is 11.5. The van der Waals surface area contributed by atoms with Crippen LogP contribution in [-0.2, 0) is 16.9 Å². The molecule has 3 aromatic rings. The molecule has 0 bridgehead atoms. The van der Waals surface area contributed by atoms with Crippen LogP contribution in [0.4, 0.5) is 4.79 Å². The molecule has 0 radical (unpaired) electrons. The van der Waals surface area contributed by atoms with Gasteiger partial charge in [0.05, 0.1) is 0 Å². The molecule has 4 nitrogen and oxygen atoms in total. The third-order valence-corrected chi connectivity index (χ3v) is 13.2. The molecule has 0 aromatic heterocycles.